The van der Waals surface area contributed by atoms with Crippen LogP contribution in [0.3, 0.4) is 0 Å². The molecule has 34 heavy (non-hydrogen) atoms. The highest BCUT2D eigenvalue weighted by Gasteiger charge is 2.12. The number of anilines is 2. The van der Waals surface area contributed by atoms with Crippen molar-refractivity contribution in [3.8, 4) is 11.5 Å². The lowest BCUT2D eigenvalue weighted by Gasteiger charge is -2.24. The number of hydrogen-bond acceptors (Lipinski definition) is 6. The maximum atomic E-state index is 10.1. The average molecular weight is 467 g/mol. The normalized spacial score (nSPS) is 14.2. The van der Waals surface area contributed by atoms with Gasteiger partial charge in [0.15, 0.2) is 0 Å². The van der Waals surface area contributed by atoms with E-state index in [1.165, 1.54) is 32.1 Å². The summed E-state index contributed by atoms with van der Waals surface area (Å²) in [5, 5.41) is 26.7. The second-order valence-electron chi connectivity index (χ2n) is 9.61. The smallest absolute Gasteiger partial charge is 0.126 e. The summed E-state index contributed by atoms with van der Waals surface area (Å²) >= 11 is 0. The third kappa shape index (κ3) is 7.79. The third-order valence-corrected chi connectivity index (χ3v) is 6.55. The molecule has 0 atom stereocenters. The first-order valence-corrected chi connectivity index (χ1v) is 12.3. The largest absolute Gasteiger partial charge is 0.507 e. The van der Waals surface area contributed by atoms with Gasteiger partial charge < -0.3 is 25.4 Å². The fourth-order valence-electron chi connectivity index (χ4n) is 3.75. The Labute approximate surface area is 205 Å². The van der Waals surface area contributed by atoms with E-state index in [9.17, 15) is 10.2 Å². The van der Waals surface area contributed by atoms with E-state index in [-0.39, 0.29) is 5.75 Å². The molecule has 1 aliphatic rings. The van der Waals surface area contributed by atoms with E-state index in [1.54, 1.807) is 12.1 Å². The summed E-state index contributed by atoms with van der Waals surface area (Å²) < 4.78 is 0. The van der Waals surface area contributed by atoms with Crippen LogP contribution in [-0.4, -0.2) is 54.9 Å². The number of nitrogens with zero attached hydrogens (tertiary/aromatic N) is 3. The number of phenols is 2. The first-order valence-electron chi connectivity index (χ1n) is 12.3. The number of benzene rings is 2. The Balaban J connectivity index is 0.000000257. The summed E-state index contributed by atoms with van der Waals surface area (Å²) in [7, 11) is 4.01. The molecule has 6 heteroatoms. The third-order valence-electron chi connectivity index (χ3n) is 6.55. The van der Waals surface area contributed by atoms with Crippen molar-refractivity contribution in [2.75, 3.05) is 23.9 Å². The number of rotatable bonds is 7. The highest BCUT2D eigenvalue weighted by atomic mass is 16.3. The fraction of sp³-hybridized carbons (Fsp3) is 0.500. The number of hydrogen-bond donors (Lipinski definition) is 3. The molecular weight excluding hydrogens is 424 g/mol. The zero-order valence-corrected chi connectivity index (χ0v) is 21.6. The van der Waals surface area contributed by atoms with Crippen molar-refractivity contribution in [1.29, 1.82) is 5.41 Å². The van der Waals surface area contributed by atoms with Crippen LogP contribution in [0.5, 0.6) is 11.5 Å². The van der Waals surface area contributed by atoms with Gasteiger partial charge in [-0.3, -0.25) is 4.99 Å². The molecule has 1 aliphatic carbocycles. The molecule has 0 radical (unpaired) electrons. The Hall–Kier alpha value is -3.02. The van der Waals surface area contributed by atoms with Crippen LogP contribution in [-0.2, 0) is 0 Å². The molecule has 2 aromatic rings. The van der Waals surface area contributed by atoms with Crippen LogP contribution in [0.25, 0.3) is 0 Å². The van der Waals surface area contributed by atoms with Crippen LogP contribution in [0, 0.1) is 5.41 Å². The van der Waals surface area contributed by atoms with Crippen LogP contribution in [0.2, 0.25) is 0 Å². The van der Waals surface area contributed by atoms with Crippen LogP contribution in [0.4, 0.5) is 11.4 Å². The Morgan fingerprint density at radius 1 is 0.824 bits per heavy atom. The van der Waals surface area contributed by atoms with E-state index in [0.717, 1.165) is 23.2 Å². The van der Waals surface area contributed by atoms with E-state index in [4.69, 9.17) is 5.41 Å². The summed E-state index contributed by atoms with van der Waals surface area (Å²) in [5.41, 5.74) is 3.36. The second-order valence-corrected chi connectivity index (χ2v) is 9.61. The Kier molecular flexibility index (Phi) is 10.4. The van der Waals surface area contributed by atoms with Gasteiger partial charge in [0, 0.05) is 79.3 Å². The number of aromatic hydroxyl groups is 2. The Bertz CT molecular complexity index is 949. The van der Waals surface area contributed by atoms with Crippen molar-refractivity contribution in [1.82, 2.24) is 0 Å². The molecule has 6 nitrogen and oxygen atoms in total. The summed E-state index contributed by atoms with van der Waals surface area (Å²) in [6.07, 6.45) is 9.27. The maximum Gasteiger partial charge on any atom is 0.126 e. The van der Waals surface area contributed by atoms with Gasteiger partial charge in [-0.25, -0.2) is 0 Å². The minimum atomic E-state index is 0.157. The molecule has 1 fully saturated rings. The van der Waals surface area contributed by atoms with E-state index in [0.29, 0.717) is 29.4 Å². The van der Waals surface area contributed by atoms with Crippen molar-refractivity contribution < 1.29 is 10.2 Å². The Morgan fingerprint density at radius 2 is 1.29 bits per heavy atom. The predicted molar refractivity (Wildman–Crippen MR) is 146 cm³/mol. The lowest BCUT2D eigenvalue weighted by atomic mass is 9.96. The summed E-state index contributed by atoms with van der Waals surface area (Å²) in [6, 6.07) is 12.4. The molecule has 0 unspecified atom stereocenters. The van der Waals surface area contributed by atoms with E-state index >= 15 is 0 Å². The number of aliphatic imine (C=N–C) groups is 1. The molecule has 3 N–H and O–H groups in total. The molecule has 3 rings (SSSR count). The van der Waals surface area contributed by atoms with Crippen molar-refractivity contribution in [2.24, 2.45) is 4.99 Å². The standard InChI is InChI=1S/C17H26N2O.C11H16N2O/c1-13(2)19(3)16-10-9-14(17(20)11-16)12-18-15-7-5-4-6-8-15;1-8(2)13(3)10-5-4-9(7-12)11(14)6-10/h9-13,15,20H,4-8H2,1-3H3;4-8,12,14H,1-3H3. The van der Waals surface area contributed by atoms with Crippen LogP contribution < -0.4 is 9.80 Å². The highest BCUT2D eigenvalue weighted by Crippen LogP contribution is 2.26. The summed E-state index contributed by atoms with van der Waals surface area (Å²) in [4.78, 5) is 8.83. The molecule has 0 amide bonds. The highest BCUT2D eigenvalue weighted by molar-refractivity contribution is 5.84. The van der Waals surface area contributed by atoms with Gasteiger partial charge in [0.2, 0.25) is 0 Å². The zero-order valence-electron chi connectivity index (χ0n) is 21.6. The Morgan fingerprint density at radius 3 is 1.71 bits per heavy atom. The van der Waals surface area contributed by atoms with Gasteiger partial charge in [0.25, 0.3) is 0 Å². The molecular formula is C28H42N4O2. The number of phenolic OH excluding ortho intramolecular Hbond substituents is 2. The molecule has 1 saturated carbocycles. The molecule has 2 aromatic carbocycles. The summed E-state index contributed by atoms with van der Waals surface area (Å²) in [6.45, 7) is 8.44. The molecule has 186 valence electrons. The maximum absolute atomic E-state index is 10.1. The van der Waals surface area contributed by atoms with Crippen molar-refractivity contribution >= 4 is 23.8 Å². The van der Waals surface area contributed by atoms with Crippen LogP contribution in [0.15, 0.2) is 41.4 Å². The summed E-state index contributed by atoms with van der Waals surface area (Å²) in [5.74, 6) is 0.472. The zero-order chi connectivity index (χ0) is 25.3. The molecule has 0 spiro atoms. The molecule has 0 heterocycles. The van der Waals surface area contributed by atoms with Gasteiger partial charge in [0.1, 0.15) is 11.5 Å². The van der Waals surface area contributed by atoms with Crippen molar-refractivity contribution in [3.63, 3.8) is 0 Å². The fourth-order valence-corrected chi connectivity index (χ4v) is 3.75. The van der Waals surface area contributed by atoms with E-state index in [1.807, 2.05) is 44.6 Å². The monoisotopic (exact) mass is 466 g/mol. The van der Waals surface area contributed by atoms with Gasteiger partial charge in [-0.2, -0.15) is 0 Å². The van der Waals surface area contributed by atoms with Crippen molar-refractivity contribution in [2.45, 2.75) is 77.9 Å². The SMILES string of the molecule is CC(C)N(C)c1ccc(C=N)c(O)c1.CC(C)N(C)c1ccc(C=NC2CCCCC2)c(O)c1. The lowest BCUT2D eigenvalue weighted by Crippen LogP contribution is -2.25. The van der Waals surface area contributed by atoms with Gasteiger partial charge in [-0.1, -0.05) is 19.3 Å². The van der Waals surface area contributed by atoms with Gasteiger partial charge in [-0.15, -0.1) is 0 Å². The van der Waals surface area contributed by atoms with Gasteiger partial charge in [0.05, 0.1) is 0 Å². The average Bonchev–Trinajstić information content (AvgIpc) is 2.83. The molecule has 0 bridgehead atoms. The first-order chi connectivity index (χ1) is 16.1. The minimum Gasteiger partial charge on any atom is -0.507 e. The minimum absolute atomic E-state index is 0.157. The molecule has 0 aromatic heterocycles. The van der Waals surface area contributed by atoms with Gasteiger partial charge in [-0.05, 0) is 64.8 Å². The van der Waals surface area contributed by atoms with Crippen LogP contribution >= 0.6 is 0 Å². The quantitative estimate of drug-likeness (QED) is 0.423. The van der Waals surface area contributed by atoms with Gasteiger partial charge >= 0.3 is 0 Å². The number of nitrogens with one attached hydrogen (secondary N) is 1. The van der Waals surface area contributed by atoms with Crippen LogP contribution in [0.1, 0.15) is 70.9 Å². The predicted octanol–water partition coefficient (Wildman–Crippen LogP) is 6.22. The lowest BCUT2D eigenvalue weighted by molar-refractivity contribution is 0.444. The molecule has 0 aliphatic heterocycles. The van der Waals surface area contributed by atoms with E-state index < -0.39 is 0 Å². The van der Waals surface area contributed by atoms with Crippen molar-refractivity contribution in [3.05, 3.63) is 47.5 Å². The van der Waals surface area contributed by atoms with E-state index in [2.05, 4.69) is 42.5 Å². The molecule has 0 saturated heterocycles. The second kappa shape index (κ2) is 13.0. The topological polar surface area (TPSA) is 83.2 Å². The first kappa shape index (κ1) is 27.2.